The third-order valence-electron chi connectivity index (χ3n) is 8.73. The molecule has 5 rings (SSSR count). The number of alkyl halides is 2. The lowest BCUT2D eigenvalue weighted by molar-refractivity contribution is -0.0985. The van der Waals surface area contributed by atoms with E-state index in [1.807, 2.05) is 71.6 Å². The normalized spacial score (nSPS) is 17.7. The summed E-state index contributed by atoms with van der Waals surface area (Å²) in [5, 5.41) is 0. The highest BCUT2D eigenvalue weighted by Gasteiger charge is 2.41. The molecule has 0 bridgehead atoms. The second-order valence-corrected chi connectivity index (χ2v) is 13.3. The van der Waals surface area contributed by atoms with Crippen LogP contribution in [0.5, 0.6) is 28.7 Å². The van der Waals surface area contributed by atoms with Crippen LogP contribution < -0.4 is 23.7 Å². The van der Waals surface area contributed by atoms with Gasteiger partial charge in [-0.2, -0.15) is 0 Å². The van der Waals surface area contributed by atoms with Crippen molar-refractivity contribution in [2.24, 2.45) is 0 Å². The third-order valence-corrected chi connectivity index (χ3v) is 9.29. The Balaban J connectivity index is 1.32. The smallest absolute Gasteiger partial charge is 0.160 e. The summed E-state index contributed by atoms with van der Waals surface area (Å²) in [7, 11) is 6.51. The molecule has 0 radical (unpaired) electrons. The predicted molar refractivity (Wildman–Crippen MR) is 199 cm³/mol. The summed E-state index contributed by atoms with van der Waals surface area (Å²) in [5.41, 5.74) is 4.03. The van der Waals surface area contributed by atoms with E-state index in [4.69, 9.17) is 61.1 Å². The van der Waals surface area contributed by atoms with Gasteiger partial charge in [0.1, 0.15) is 28.7 Å². The number of likely N-dealkylation sites (tertiary alicyclic amines) is 1. The quantitative estimate of drug-likeness (QED) is 0.0540. The first-order valence-corrected chi connectivity index (χ1v) is 17.8. The van der Waals surface area contributed by atoms with Crippen molar-refractivity contribution in [1.29, 1.82) is 0 Å². The van der Waals surface area contributed by atoms with E-state index in [2.05, 4.69) is 24.3 Å². The van der Waals surface area contributed by atoms with Gasteiger partial charge in [0, 0.05) is 37.6 Å². The van der Waals surface area contributed by atoms with Crippen LogP contribution in [0.1, 0.15) is 34.6 Å². The van der Waals surface area contributed by atoms with Crippen LogP contribution in [0.25, 0.3) is 0 Å². The molecule has 1 heterocycles. The van der Waals surface area contributed by atoms with Crippen LogP contribution >= 0.6 is 23.2 Å². The number of rotatable bonds is 19. The Bertz CT molecular complexity index is 1510. The molecule has 3 atom stereocenters. The van der Waals surface area contributed by atoms with Gasteiger partial charge in [0.25, 0.3) is 0 Å². The summed E-state index contributed by atoms with van der Waals surface area (Å²) in [6.07, 6.45) is 0.129. The molecule has 0 saturated carbocycles. The van der Waals surface area contributed by atoms with Crippen LogP contribution in [0, 0.1) is 0 Å². The minimum Gasteiger partial charge on any atom is -0.497 e. The van der Waals surface area contributed by atoms with Crippen molar-refractivity contribution in [1.82, 2.24) is 4.90 Å². The van der Waals surface area contributed by atoms with Crippen molar-refractivity contribution < 1.29 is 37.9 Å². The molecule has 4 aromatic carbocycles. The highest BCUT2D eigenvalue weighted by atomic mass is 35.5. The topological polar surface area (TPSA) is 77.1 Å². The predicted octanol–water partition coefficient (Wildman–Crippen LogP) is 8.04. The molecule has 0 spiro atoms. The van der Waals surface area contributed by atoms with Gasteiger partial charge >= 0.3 is 0 Å². The van der Waals surface area contributed by atoms with Crippen molar-refractivity contribution in [3.05, 3.63) is 113 Å². The number of benzene rings is 4. The minimum absolute atomic E-state index is 0.159. The van der Waals surface area contributed by atoms with Crippen LogP contribution in [0.2, 0.25) is 0 Å². The van der Waals surface area contributed by atoms with E-state index >= 15 is 0 Å². The minimum atomic E-state index is -0.746. The van der Waals surface area contributed by atoms with Crippen LogP contribution in [0.3, 0.4) is 0 Å². The second kappa shape index (κ2) is 19.8. The van der Waals surface area contributed by atoms with E-state index in [9.17, 15) is 0 Å². The lowest BCUT2D eigenvalue weighted by Crippen LogP contribution is -2.53. The Hall–Kier alpha value is -3.70. The molecule has 1 unspecified atom stereocenters. The van der Waals surface area contributed by atoms with Gasteiger partial charge < -0.3 is 37.9 Å². The van der Waals surface area contributed by atoms with Gasteiger partial charge in [0.2, 0.25) is 0 Å². The number of hydrogen-bond acceptors (Lipinski definition) is 9. The Morgan fingerprint density at radius 1 is 0.588 bits per heavy atom. The van der Waals surface area contributed by atoms with Crippen LogP contribution in [-0.2, 0) is 34.0 Å². The standard InChI is InChI=1S/C40H47Cl2NO8/c1-44-33-17-29(18-34(21-33)45-2)26-50-37-23-43(40(41)42)24-38(51-27-30-19-35(46-3)22-36(20-30)47-4)39(37)31-11-13-32(14-12-31)49-16-8-15-48-25-28-9-6-5-7-10-28/h5-7,9-14,17-22,37-40H,8,15-16,23-27H2,1-4H3/t37-,38+,39?. The maximum atomic E-state index is 6.70. The van der Waals surface area contributed by atoms with E-state index < -0.39 is 4.96 Å². The van der Waals surface area contributed by atoms with Gasteiger partial charge in [-0.15, -0.1) is 0 Å². The number of methoxy groups -OCH3 is 4. The zero-order chi connectivity index (χ0) is 36.0. The van der Waals surface area contributed by atoms with Gasteiger partial charge in [-0.25, -0.2) is 0 Å². The Labute approximate surface area is 311 Å². The number of piperidine rings is 1. The molecule has 1 aliphatic heterocycles. The van der Waals surface area contributed by atoms with Crippen LogP contribution in [0.15, 0.2) is 91.0 Å². The molecule has 51 heavy (non-hydrogen) atoms. The first-order chi connectivity index (χ1) is 24.9. The van der Waals surface area contributed by atoms with E-state index in [1.165, 1.54) is 0 Å². The first-order valence-electron chi connectivity index (χ1n) is 16.9. The van der Waals surface area contributed by atoms with Crippen molar-refractivity contribution in [2.45, 2.75) is 49.3 Å². The Kier molecular flexibility index (Phi) is 14.9. The number of hydrogen-bond donors (Lipinski definition) is 0. The largest absolute Gasteiger partial charge is 0.497 e. The van der Waals surface area contributed by atoms with Gasteiger partial charge in [0.15, 0.2) is 4.96 Å². The Morgan fingerprint density at radius 2 is 1.10 bits per heavy atom. The van der Waals surface area contributed by atoms with Crippen molar-refractivity contribution in [3.8, 4) is 28.7 Å². The molecule has 0 aromatic heterocycles. The average molecular weight is 741 g/mol. The zero-order valence-corrected chi connectivity index (χ0v) is 31.1. The maximum absolute atomic E-state index is 6.70. The summed E-state index contributed by atoms with van der Waals surface area (Å²) >= 11 is 13.0. The molecule has 11 heteroatoms. The summed E-state index contributed by atoms with van der Waals surface area (Å²) in [4.78, 5) is 1.22. The lowest BCUT2D eigenvalue weighted by atomic mass is 9.84. The van der Waals surface area contributed by atoms with Gasteiger partial charge in [-0.1, -0.05) is 65.7 Å². The summed E-state index contributed by atoms with van der Waals surface area (Å²) < 4.78 is 47.3. The molecule has 0 N–H and O–H groups in total. The zero-order valence-electron chi connectivity index (χ0n) is 29.6. The molecule has 1 fully saturated rings. The molecule has 0 aliphatic carbocycles. The van der Waals surface area contributed by atoms with E-state index in [-0.39, 0.29) is 18.1 Å². The average Bonchev–Trinajstić information content (AvgIpc) is 3.17. The maximum Gasteiger partial charge on any atom is 0.160 e. The fraction of sp³-hybridized carbons (Fsp3) is 0.400. The van der Waals surface area contributed by atoms with E-state index in [0.717, 1.165) is 34.4 Å². The molecule has 0 amide bonds. The Morgan fingerprint density at radius 3 is 1.57 bits per heavy atom. The van der Waals surface area contributed by atoms with Crippen LogP contribution in [0.4, 0.5) is 0 Å². The number of ether oxygens (including phenoxy) is 8. The molecular weight excluding hydrogens is 693 g/mol. The van der Waals surface area contributed by atoms with Crippen molar-refractivity contribution in [2.75, 3.05) is 54.7 Å². The summed E-state index contributed by atoms with van der Waals surface area (Å²) in [6.45, 7) is 3.37. The molecule has 274 valence electrons. The summed E-state index contributed by atoms with van der Waals surface area (Å²) in [5.74, 6) is 3.36. The fourth-order valence-electron chi connectivity index (χ4n) is 6.11. The van der Waals surface area contributed by atoms with Crippen molar-refractivity contribution in [3.63, 3.8) is 0 Å². The monoisotopic (exact) mass is 739 g/mol. The fourth-order valence-corrected chi connectivity index (χ4v) is 6.43. The molecule has 4 aromatic rings. The second-order valence-electron chi connectivity index (χ2n) is 12.2. The van der Waals surface area contributed by atoms with Crippen molar-refractivity contribution >= 4 is 23.2 Å². The van der Waals surface area contributed by atoms with Gasteiger partial charge in [-0.3, -0.25) is 4.90 Å². The molecular formula is C40H47Cl2NO8. The van der Waals surface area contributed by atoms with Gasteiger partial charge in [-0.05, 0) is 58.7 Å². The van der Waals surface area contributed by atoms with E-state index in [1.54, 1.807) is 28.4 Å². The highest BCUT2D eigenvalue weighted by molar-refractivity contribution is 6.43. The lowest BCUT2D eigenvalue weighted by Gasteiger charge is -2.44. The van der Waals surface area contributed by atoms with E-state index in [0.29, 0.717) is 69.1 Å². The first kappa shape index (κ1) is 38.5. The SMILES string of the molecule is COc1cc(CO[C@H]2CN(C(Cl)Cl)C[C@@H](OCc3cc(OC)cc(OC)c3)C2c2ccc(OCCCOCc3ccccc3)cc2)cc(OC)c1. The number of halogens is 2. The van der Waals surface area contributed by atoms with Gasteiger partial charge in [0.05, 0.1) is 73.7 Å². The molecule has 1 saturated heterocycles. The van der Waals surface area contributed by atoms with Crippen LogP contribution in [-0.4, -0.2) is 76.8 Å². The summed E-state index contributed by atoms with van der Waals surface area (Å²) in [6, 6.07) is 29.7. The highest BCUT2D eigenvalue weighted by Crippen LogP contribution is 2.37. The number of nitrogens with zero attached hydrogens (tertiary/aromatic N) is 1. The molecule has 1 aliphatic rings. The molecule has 9 nitrogen and oxygen atoms in total. The third kappa shape index (κ3) is 11.4.